The van der Waals surface area contributed by atoms with Gasteiger partial charge in [-0.05, 0) is 37.8 Å². The van der Waals surface area contributed by atoms with Crippen LogP contribution >= 0.6 is 0 Å². The number of carbonyl (C=O) groups is 2. The Balaban J connectivity index is 1.77. The van der Waals surface area contributed by atoms with Crippen molar-refractivity contribution < 1.29 is 28.2 Å². The molecule has 9 nitrogen and oxygen atoms in total. The largest absolute Gasteiger partial charge is 0.494 e. The summed E-state index contributed by atoms with van der Waals surface area (Å²) in [5.74, 6) is -2.76. The summed E-state index contributed by atoms with van der Waals surface area (Å²) in [5.41, 5.74) is 0.00694. The van der Waals surface area contributed by atoms with Crippen LogP contribution in [0.5, 0.6) is 5.75 Å². The smallest absolute Gasteiger partial charge is 0.330 e. The number of hydrogen-bond acceptors (Lipinski definition) is 6. The van der Waals surface area contributed by atoms with Gasteiger partial charge in [-0.1, -0.05) is 0 Å². The van der Waals surface area contributed by atoms with Crippen molar-refractivity contribution in [3.8, 4) is 5.75 Å². The summed E-state index contributed by atoms with van der Waals surface area (Å²) in [6.07, 6.45) is 3.16. The highest BCUT2D eigenvalue weighted by molar-refractivity contribution is 6.06. The fraction of sp³-hybridized carbons (Fsp3) is 0.429. The number of ether oxygens (including phenoxy) is 1. The maximum absolute atomic E-state index is 15.0. The Hall–Kier alpha value is -3.50. The van der Waals surface area contributed by atoms with Gasteiger partial charge in [-0.25, -0.2) is 18.6 Å². The molecule has 0 radical (unpaired) electrons. The normalized spacial score (nSPS) is 20.7. The summed E-state index contributed by atoms with van der Waals surface area (Å²) < 4.78 is 34.7. The predicted octanol–water partition coefficient (Wildman–Crippen LogP) is 3.40. The molecule has 1 aromatic carbocycles. The number of hydrogen-bond donors (Lipinski definition) is 2. The van der Waals surface area contributed by atoms with Gasteiger partial charge in [0.2, 0.25) is 5.95 Å². The molecule has 4 rings (SSSR count). The summed E-state index contributed by atoms with van der Waals surface area (Å²) in [4.78, 5) is 36.0. The average Bonchev–Trinajstić information content (AvgIpc) is 2.79. The number of carboxylic acids is 1. The third-order valence-electron chi connectivity index (χ3n) is 5.99. The van der Waals surface area contributed by atoms with Gasteiger partial charge in [0.1, 0.15) is 17.3 Å². The molecular weight excluding hydrogens is 424 g/mol. The van der Waals surface area contributed by atoms with E-state index in [1.54, 1.807) is 7.05 Å². The minimum atomic E-state index is -0.980. The average molecular weight is 447 g/mol. The predicted molar refractivity (Wildman–Crippen MR) is 112 cm³/mol. The summed E-state index contributed by atoms with van der Waals surface area (Å²) >= 11 is 0. The first-order chi connectivity index (χ1) is 15.3. The van der Waals surface area contributed by atoms with Crippen molar-refractivity contribution in [3.05, 3.63) is 35.5 Å². The third kappa shape index (κ3) is 3.67. The number of rotatable bonds is 5. The fourth-order valence-electron chi connectivity index (χ4n) is 4.31. The van der Waals surface area contributed by atoms with E-state index < -0.39 is 35.2 Å². The van der Waals surface area contributed by atoms with Crippen molar-refractivity contribution in [2.45, 2.75) is 38.3 Å². The first kappa shape index (κ1) is 21.7. The van der Waals surface area contributed by atoms with Crippen LogP contribution in [0.2, 0.25) is 0 Å². The van der Waals surface area contributed by atoms with Crippen LogP contribution in [0.1, 0.15) is 31.2 Å². The van der Waals surface area contributed by atoms with Gasteiger partial charge in [0, 0.05) is 24.8 Å². The number of nitrogens with one attached hydrogen (secondary N) is 1. The number of halogens is 2. The van der Waals surface area contributed by atoms with Crippen LogP contribution in [0.3, 0.4) is 0 Å². The van der Waals surface area contributed by atoms with Crippen molar-refractivity contribution in [1.29, 1.82) is 0 Å². The second-order valence-electron chi connectivity index (χ2n) is 7.79. The van der Waals surface area contributed by atoms with Crippen LogP contribution in [0.4, 0.5) is 31.0 Å². The van der Waals surface area contributed by atoms with Gasteiger partial charge in [-0.15, -0.1) is 0 Å². The molecule has 1 aliphatic carbocycles. The Morgan fingerprint density at radius 2 is 1.97 bits per heavy atom. The Labute approximate surface area is 183 Å². The molecule has 1 aliphatic heterocycles. The molecule has 2 aromatic rings. The zero-order chi connectivity index (χ0) is 23.0. The number of nitrogens with zero attached hydrogens (tertiary/aromatic N) is 4. The van der Waals surface area contributed by atoms with Crippen LogP contribution in [-0.2, 0) is 11.3 Å². The Morgan fingerprint density at radius 1 is 1.25 bits per heavy atom. The molecule has 2 heterocycles. The number of benzene rings is 1. The number of urea groups is 1. The standard InChI is InChI=1S/C21H23F2N5O4/c1-24-20-25-9-12-10-27(17-14(22)7-8-15(32-2)16(17)23)21(31)28(18(12)26-20)13-5-3-11(4-6-13)19(29)30/h7-9,11,13H,3-6,10H2,1-2H3,(H,29,30)(H,24,25,26). The summed E-state index contributed by atoms with van der Waals surface area (Å²) in [6, 6.07) is 1.20. The van der Waals surface area contributed by atoms with E-state index in [9.17, 15) is 19.1 Å². The number of carbonyl (C=O) groups excluding carboxylic acids is 1. The molecule has 1 fully saturated rings. The number of amides is 2. The fourth-order valence-corrected chi connectivity index (χ4v) is 4.31. The topological polar surface area (TPSA) is 108 Å². The molecule has 0 saturated heterocycles. The minimum absolute atomic E-state index is 0.125. The summed E-state index contributed by atoms with van der Waals surface area (Å²) in [7, 11) is 2.90. The van der Waals surface area contributed by atoms with Crippen LogP contribution < -0.4 is 19.9 Å². The lowest BCUT2D eigenvalue weighted by Crippen LogP contribution is -2.54. The van der Waals surface area contributed by atoms with Crippen LogP contribution in [0.25, 0.3) is 0 Å². The highest BCUT2D eigenvalue weighted by Crippen LogP contribution is 2.39. The van der Waals surface area contributed by atoms with E-state index in [1.165, 1.54) is 18.2 Å². The second-order valence-corrected chi connectivity index (χ2v) is 7.79. The first-order valence-corrected chi connectivity index (χ1v) is 10.2. The number of methoxy groups -OCH3 is 1. The van der Waals surface area contributed by atoms with Crippen LogP contribution in [0, 0.1) is 17.6 Å². The monoisotopic (exact) mass is 447 g/mol. The van der Waals surface area contributed by atoms with Crippen molar-refractivity contribution in [3.63, 3.8) is 0 Å². The van der Waals surface area contributed by atoms with E-state index in [0.717, 1.165) is 17.0 Å². The summed E-state index contributed by atoms with van der Waals surface area (Å²) in [5, 5.41) is 12.1. The molecule has 1 saturated carbocycles. The number of aliphatic carboxylic acids is 1. The lowest BCUT2D eigenvalue weighted by molar-refractivity contribution is -0.142. The first-order valence-electron chi connectivity index (χ1n) is 10.2. The Morgan fingerprint density at radius 3 is 2.59 bits per heavy atom. The van der Waals surface area contributed by atoms with Crippen molar-refractivity contribution in [2.24, 2.45) is 5.92 Å². The lowest BCUT2D eigenvalue weighted by atomic mass is 9.85. The zero-order valence-corrected chi connectivity index (χ0v) is 17.6. The van der Waals surface area contributed by atoms with Gasteiger partial charge in [-0.2, -0.15) is 4.98 Å². The minimum Gasteiger partial charge on any atom is -0.494 e. The molecule has 0 atom stereocenters. The van der Waals surface area contributed by atoms with Crippen LogP contribution in [-0.4, -0.2) is 47.3 Å². The molecule has 0 unspecified atom stereocenters. The Bertz CT molecular complexity index is 1060. The number of fused-ring (bicyclic) bond motifs is 1. The van der Waals surface area contributed by atoms with Gasteiger partial charge in [0.25, 0.3) is 0 Å². The van der Waals surface area contributed by atoms with Gasteiger partial charge in [-0.3, -0.25) is 14.6 Å². The van der Waals surface area contributed by atoms with E-state index in [2.05, 4.69) is 15.3 Å². The molecule has 0 bridgehead atoms. The van der Waals surface area contributed by atoms with Crippen LogP contribution in [0.15, 0.2) is 18.3 Å². The Kier molecular flexibility index (Phi) is 5.81. The van der Waals surface area contributed by atoms with Gasteiger partial charge >= 0.3 is 12.0 Å². The van der Waals surface area contributed by atoms with Gasteiger partial charge in [0.05, 0.1) is 19.6 Å². The number of aromatic nitrogens is 2. The lowest BCUT2D eigenvalue weighted by Gasteiger charge is -2.42. The van der Waals surface area contributed by atoms with Gasteiger partial charge < -0.3 is 15.2 Å². The highest BCUT2D eigenvalue weighted by Gasteiger charge is 2.41. The van der Waals surface area contributed by atoms with E-state index in [0.29, 0.717) is 43.0 Å². The third-order valence-corrected chi connectivity index (χ3v) is 5.99. The molecule has 0 spiro atoms. The second kappa shape index (κ2) is 8.56. The maximum atomic E-state index is 15.0. The number of carboxylic acid groups (broad SMARTS) is 1. The molecule has 2 amide bonds. The molecular formula is C21H23F2N5O4. The molecule has 2 aliphatic rings. The van der Waals surface area contributed by atoms with E-state index in [-0.39, 0.29) is 18.3 Å². The van der Waals surface area contributed by atoms with Gasteiger partial charge in [0.15, 0.2) is 11.6 Å². The zero-order valence-electron chi connectivity index (χ0n) is 17.6. The van der Waals surface area contributed by atoms with E-state index >= 15 is 4.39 Å². The molecule has 32 heavy (non-hydrogen) atoms. The molecule has 170 valence electrons. The maximum Gasteiger partial charge on any atom is 0.330 e. The summed E-state index contributed by atoms with van der Waals surface area (Å²) in [6.45, 7) is -0.125. The number of anilines is 3. The van der Waals surface area contributed by atoms with E-state index in [1.807, 2.05) is 0 Å². The molecule has 2 N–H and O–H groups in total. The van der Waals surface area contributed by atoms with Crippen molar-refractivity contribution in [1.82, 2.24) is 9.97 Å². The van der Waals surface area contributed by atoms with Crippen molar-refractivity contribution >= 4 is 29.5 Å². The van der Waals surface area contributed by atoms with E-state index in [4.69, 9.17) is 4.74 Å². The highest BCUT2D eigenvalue weighted by atomic mass is 19.1. The molecule has 1 aromatic heterocycles. The SMILES string of the molecule is CNc1ncc2c(n1)N(C1CCC(C(=O)O)CC1)C(=O)N(c1c(F)ccc(OC)c1F)C2. The van der Waals surface area contributed by atoms with Crippen molar-refractivity contribution in [2.75, 3.05) is 29.3 Å². The quantitative estimate of drug-likeness (QED) is 0.723. The molecule has 11 heteroatoms.